The van der Waals surface area contributed by atoms with Gasteiger partial charge in [0.05, 0.1) is 23.2 Å². The Hall–Kier alpha value is -2.31. The largest absolute Gasteiger partial charge is 0.495 e. The number of fused-ring (bicyclic) bond motifs is 1. The molecule has 0 aliphatic carbocycles. The van der Waals surface area contributed by atoms with Crippen molar-refractivity contribution in [3.8, 4) is 5.75 Å². The summed E-state index contributed by atoms with van der Waals surface area (Å²) >= 11 is 5.84. The summed E-state index contributed by atoms with van der Waals surface area (Å²) in [6, 6.07) is 10.7. The molecule has 0 radical (unpaired) electrons. The van der Waals surface area contributed by atoms with E-state index in [1.807, 2.05) is 0 Å². The van der Waals surface area contributed by atoms with Gasteiger partial charge in [-0.25, -0.2) is 8.42 Å². The van der Waals surface area contributed by atoms with Crippen molar-refractivity contribution in [2.24, 2.45) is 0 Å². The summed E-state index contributed by atoms with van der Waals surface area (Å²) in [4.78, 5) is 4.33. The third-order valence-electron chi connectivity index (χ3n) is 3.45. The lowest BCUT2D eigenvalue weighted by Gasteiger charge is -2.14. The minimum atomic E-state index is -3.82. The van der Waals surface area contributed by atoms with Crippen LogP contribution in [0, 0.1) is 0 Å². The van der Waals surface area contributed by atoms with Gasteiger partial charge in [-0.3, -0.25) is 4.98 Å². The zero-order valence-electron chi connectivity index (χ0n) is 12.2. The van der Waals surface area contributed by atoms with Crippen LogP contribution in [0.3, 0.4) is 0 Å². The zero-order valence-corrected chi connectivity index (χ0v) is 13.7. The molecule has 0 amide bonds. The summed E-state index contributed by atoms with van der Waals surface area (Å²) in [6.07, 6.45) is 1.56. The maximum atomic E-state index is 13.1. The van der Waals surface area contributed by atoms with Crippen molar-refractivity contribution >= 4 is 38.0 Å². The van der Waals surface area contributed by atoms with E-state index >= 15 is 0 Å². The molecule has 1 heterocycles. The highest BCUT2D eigenvalue weighted by Crippen LogP contribution is 2.38. The van der Waals surface area contributed by atoms with Gasteiger partial charge in [-0.2, -0.15) is 0 Å². The van der Waals surface area contributed by atoms with Crippen molar-refractivity contribution in [1.82, 2.24) is 4.98 Å². The molecule has 7 heteroatoms. The molecule has 3 rings (SSSR count). The van der Waals surface area contributed by atoms with Crippen LogP contribution in [0.4, 0.5) is 5.69 Å². The van der Waals surface area contributed by atoms with Crippen molar-refractivity contribution < 1.29 is 13.2 Å². The summed E-state index contributed by atoms with van der Waals surface area (Å²) in [5, 5.41) is 0.874. The second kappa shape index (κ2) is 5.72. The van der Waals surface area contributed by atoms with Crippen molar-refractivity contribution in [1.29, 1.82) is 0 Å². The van der Waals surface area contributed by atoms with Gasteiger partial charge in [-0.1, -0.05) is 11.6 Å². The van der Waals surface area contributed by atoms with Gasteiger partial charge in [0, 0.05) is 22.7 Å². The van der Waals surface area contributed by atoms with E-state index < -0.39 is 9.84 Å². The van der Waals surface area contributed by atoms with E-state index in [9.17, 15) is 8.42 Å². The topological polar surface area (TPSA) is 82.3 Å². The smallest absolute Gasteiger partial charge is 0.210 e. The fraction of sp³-hybridized carbons (Fsp3) is 0.0625. The number of methoxy groups -OCH3 is 1. The fourth-order valence-corrected chi connectivity index (χ4v) is 4.10. The molecule has 0 fully saturated rings. The molecule has 0 spiro atoms. The van der Waals surface area contributed by atoms with Gasteiger partial charge < -0.3 is 10.5 Å². The number of pyridine rings is 1. The standard InChI is InChI=1S/C16H13ClN2O3S/c1-22-14-9-13(18)15-12(3-2-8-19-15)16(14)23(20,21)11-6-4-10(17)5-7-11/h2-9H,18H2,1H3. The van der Waals surface area contributed by atoms with E-state index in [1.165, 1.54) is 37.4 Å². The van der Waals surface area contributed by atoms with E-state index in [0.717, 1.165) is 0 Å². The van der Waals surface area contributed by atoms with Gasteiger partial charge in [-0.05, 0) is 36.4 Å². The summed E-state index contributed by atoms with van der Waals surface area (Å²) in [7, 11) is -2.42. The van der Waals surface area contributed by atoms with Crippen molar-refractivity contribution in [2.45, 2.75) is 9.79 Å². The SMILES string of the molecule is COc1cc(N)c2ncccc2c1S(=O)(=O)c1ccc(Cl)cc1. The minimum Gasteiger partial charge on any atom is -0.495 e. The average molecular weight is 349 g/mol. The molecule has 0 aliphatic rings. The fourth-order valence-electron chi connectivity index (χ4n) is 2.39. The molecule has 0 unspecified atom stereocenters. The van der Waals surface area contributed by atoms with Gasteiger partial charge in [-0.15, -0.1) is 0 Å². The number of aromatic nitrogens is 1. The van der Waals surface area contributed by atoms with E-state index in [4.69, 9.17) is 22.1 Å². The first-order valence-electron chi connectivity index (χ1n) is 6.67. The van der Waals surface area contributed by atoms with Gasteiger partial charge in [0.1, 0.15) is 10.6 Å². The number of halogens is 1. The number of rotatable bonds is 3. The third kappa shape index (κ3) is 2.60. The predicted molar refractivity (Wildman–Crippen MR) is 89.6 cm³/mol. The van der Waals surface area contributed by atoms with Crippen LogP contribution >= 0.6 is 11.6 Å². The molecule has 118 valence electrons. The van der Waals surface area contributed by atoms with Crippen LogP contribution in [0.1, 0.15) is 0 Å². The number of anilines is 1. The Morgan fingerprint density at radius 3 is 2.52 bits per heavy atom. The minimum absolute atomic E-state index is 0.0413. The van der Waals surface area contributed by atoms with Crippen LogP contribution in [0.2, 0.25) is 5.02 Å². The highest BCUT2D eigenvalue weighted by Gasteiger charge is 2.26. The maximum absolute atomic E-state index is 13.1. The highest BCUT2D eigenvalue weighted by molar-refractivity contribution is 7.91. The van der Waals surface area contributed by atoms with Gasteiger partial charge in [0.2, 0.25) is 9.84 Å². The van der Waals surface area contributed by atoms with Crippen LogP contribution in [-0.2, 0) is 9.84 Å². The second-order valence-electron chi connectivity index (χ2n) is 4.85. The lowest BCUT2D eigenvalue weighted by Crippen LogP contribution is -2.07. The number of benzene rings is 2. The quantitative estimate of drug-likeness (QED) is 0.734. The molecule has 0 aliphatic heterocycles. The Balaban J connectivity index is 2.38. The molecule has 2 N–H and O–H groups in total. The molecule has 0 atom stereocenters. The molecule has 0 saturated carbocycles. The van der Waals surface area contributed by atoms with Gasteiger partial charge in [0.25, 0.3) is 0 Å². The van der Waals surface area contributed by atoms with Crippen LogP contribution in [0.15, 0.2) is 58.5 Å². The lowest BCUT2D eigenvalue weighted by molar-refractivity contribution is 0.404. The molecular weight excluding hydrogens is 336 g/mol. The normalized spacial score (nSPS) is 11.6. The number of nitrogen functional groups attached to an aromatic ring is 1. The molecule has 0 saturated heterocycles. The van der Waals surface area contributed by atoms with Crippen LogP contribution in [0.25, 0.3) is 10.9 Å². The Morgan fingerprint density at radius 1 is 1.17 bits per heavy atom. The van der Waals surface area contributed by atoms with E-state index in [-0.39, 0.29) is 15.5 Å². The molecule has 23 heavy (non-hydrogen) atoms. The van der Waals surface area contributed by atoms with Crippen LogP contribution in [-0.4, -0.2) is 20.5 Å². The van der Waals surface area contributed by atoms with Crippen LogP contribution < -0.4 is 10.5 Å². The summed E-state index contributed by atoms with van der Waals surface area (Å²) in [6.45, 7) is 0. The second-order valence-corrected chi connectivity index (χ2v) is 7.18. The van der Waals surface area contributed by atoms with E-state index in [1.54, 1.807) is 18.3 Å². The van der Waals surface area contributed by atoms with Crippen molar-refractivity contribution in [2.75, 3.05) is 12.8 Å². The molecule has 2 aromatic carbocycles. The number of sulfone groups is 1. The Kier molecular flexibility index (Phi) is 3.87. The van der Waals surface area contributed by atoms with Gasteiger partial charge in [0.15, 0.2) is 0 Å². The summed E-state index contributed by atoms with van der Waals surface area (Å²) < 4.78 is 31.4. The summed E-state index contributed by atoms with van der Waals surface area (Å²) in [5.41, 5.74) is 6.72. The number of hydrogen-bond donors (Lipinski definition) is 1. The molecule has 3 aromatic rings. The number of nitrogens with zero attached hydrogens (tertiary/aromatic N) is 1. The Morgan fingerprint density at radius 2 is 1.87 bits per heavy atom. The molecule has 1 aromatic heterocycles. The first-order valence-corrected chi connectivity index (χ1v) is 8.53. The molecule has 0 bridgehead atoms. The van der Waals surface area contributed by atoms with Gasteiger partial charge >= 0.3 is 0 Å². The summed E-state index contributed by atoms with van der Waals surface area (Å²) in [5.74, 6) is 0.179. The number of nitrogens with two attached hydrogens (primary N) is 1. The first-order chi connectivity index (χ1) is 10.9. The maximum Gasteiger partial charge on any atom is 0.210 e. The zero-order chi connectivity index (χ0) is 16.6. The third-order valence-corrected chi connectivity index (χ3v) is 5.55. The van der Waals surface area contributed by atoms with Crippen molar-refractivity contribution in [3.63, 3.8) is 0 Å². The number of ether oxygens (including phenoxy) is 1. The first kappa shape index (κ1) is 15.6. The highest BCUT2D eigenvalue weighted by atomic mass is 35.5. The van der Waals surface area contributed by atoms with E-state index in [0.29, 0.717) is 21.6 Å². The molecule has 5 nitrogen and oxygen atoms in total. The average Bonchev–Trinajstić information content (AvgIpc) is 2.54. The Labute approximate surface area is 138 Å². The lowest BCUT2D eigenvalue weighted by atomic mass is 10.2. The predicted octanol–water partition coefficient (Wildman–Crippen LogP) is 3.31. The van der Waals surface area contributed by atoms with E-state index in [2.05, 4.69) is 4.98 Å². The monoisotopic (exact) mass is 348 g/mol. The molecular formula is C16H13ClN2O3S. The van der Waals surface area contributed by atoms with Crippen molar-refractivity contribution in [3.05, 3.63) is 53.7 Å². The van der Waals surface area contributed by atoms with Crippen LogP contribution in [0.5, 0.6) is 5.75 Å². The Bertz CT molecular complexity index is 986. The number of hydrogen-bond acceptors (Lipinski definition) is 5.